The zero-order valence-corrected chi connectivity index (χ0v) is 19.0. The summed E-state index contributed by atoms with van der Waals surface area (Å²) in [7, 11) is 1.84. The average Bonchev–Trinajstić information content (AvgIpc) is 3.04. The van der Waals surface area contributed by atoms with Gasteiger partial charge in [-0.25, -0.2) is 0 Å². The van der Waals surface area contributed by atoms with E-state index in [1.54, 1.807) is 0 Å². The summed E-state index contributed by atoms with van der Waals surface area (Å²) in [6.45, 7) is 5.75. The van der Waals surface area contributed by atoms with Gasteiger partial charge in [-0.1, -0.05) is 47.8 Å². The van der Waals surface area contributed by atoms with E-state index in [1.807, 2.05) is 7.05 Å². The molecule has 0 bridgehead atoms. The van der Waals surface area contributed by atoms with Crippen LogP contribution in [0.4, 0.5) is 0 Å². The number of hydrogen-bond donors (Lipinski definition) is 2. The van der Waals surface area contributed by atoms with Crippen molar-refractivity contribution in [3.05, 3.63) is 34.3 Å². The largest absolute Gasteiger partial charge is 0.380 e. The molecule has 140 valence electrons. The molecule has 4 nitrogen and oxygen atoms in total. The first-order chi connectivity index (χ1) is 11.6. The number of halogens is 2. The fourth-order valence-corrected chi connectivity index (χ4v) is 4.01. The molecule has 3 rings (SSSR count). The Morgan fingerprint density at radius 2 is 1.72 bits per heavy atom. The first-order valence-corrected chi connectivity index (χ1v) is 9.63. The minimum atomic E-state index is 0. The molecule has 6 heteroatoms. The number of nitrogens with one attached hydrogen (secondary N) is 2. The van der Waals surface area contributed by atoms with E-state index in [9.17, 15) is 0 Å². The number of rotatable bonds is 5. The first-order valence-electron chi connectivity index (χ1n) is 8.84. The van der Waals surface area contributed by atoms with Gasteiger partial charge < -0.3 is 15.4 Å². The van der Waals surface area contributed by atoms with E-state index in [1.165, 1.54) is 31.2 Å². The van der Waals surface area contributed by atoms with E-state index >= 15 is 0 Å². The van der Waals surface area contributed by atoms with Crippen molar-refractivity contribution in [2.24, 2.45) is 10.4 Å². The Morgan fingerprint density at radius 3 is 2.24 bits per heavy atom. The Labute approximate surface area is 176 Å². The maximum atomic E-state index is 5.32. The molecule has 1 saturated heterocycles. The van der Waals surface area contributed by atoms with Crippen LogP contribution in [0.5, 0.6) is 0 Å². The summed E-state index contributed by atoms with van der Waals surface area (Å²) in [5, 5.41) is 7.04. The third kappa shape index (κ3) is 5.10. The van der Waals surface area contributed by atoms with Crippen molar-refractivity contribution in [2.45, 2.75) is 38.0 Å². The molecule has 0 aromatic heterocycles. The van der Waals surface area contributed by atoms with Crippen LogP contribution in [0.1, 0.15) is 38.2 Å². The molecule has 1 aromatic carbocycles. The van der Waals surface area contributed by atoms with E-state index in [-0.39, 0.29) is 34.8 Å². The van der Waals surface area contributed by atoms with Crippen molar-refractivity contribution in [1.82, 2.24) is 10.6 Å². The molecule has 2 fully saturated rings. The molecule has 1 saturated carbocycles. The summed E-state index contributed by atoms with van der Waals surface area (Å²) in [6, 6.07) is 8.83. The van der Waals surface area contributed by atoms with Crippen LogP contribution in [0.25, 0.3) is 0 Å². The molecule has 1 aromatic rings. The summed E-state index contributed by atoms with van der Waals surface area (Å²) in [4.78, 5) is 4.40. The standard InChI is InChI=1S/C19H28BrN3O.HI/c1-18(13-24-14-18)11-22-17(21-2)23-12-19(9-3-4-10-19)15-5-7-16(20)8-6-15;/h5-8H,3-4,9-14H2,1-2H3,(H2,21,22,23);1H. The zero-order chi connectivity index (χ0) is 17.0. The minimum absolute atomic E-state index is 0. The van der Waals surface area contributed by atoms with E-state index in [0.29, 0.717) is 0 Å². The van der Waals surface area contributed by atoms with Gasteiger partial charge in [0.25, 0.3) is 0 Å². The molecule has 2 N–H and O–H groups in total. The predicted molar refractivity (Wildman–Crippen MR) is 118 cm³/mol. The summed E-state index contributed by atoms with van der Waals surface area (Å²) < 4.78 is 6.46. The molecule has 25 heavy (non-hydrogen) atoms. The topological polar surface area (TPSA) is 45.7 Å². The first kappa shape index (κ1) is 21.0. The highest BCUT2D eigenvalue weighted by Crippen LogP contribution is 2.41. The maximum Gasteiger partial charge on any atom is 0.191 e. The normalized spacial score (nSPS) is 21.2. The molecular formula is C19H29BrIN3O. The lowest BCUT2D eigenvalue weighted by molar-refractivity contribution is -0.0971. The van der Waals surface area contributed by atoms with Gasteiger partial charge in [-0.15, -0.1) is 24.0 Å². The summed E-state index contributed by atoms with van der Waals surface area (Å²) >= 11 is 3.54. The van der Waals surface area contributed by atoms with Crippen LogP contribution in [-0.2, 0) is 10.2 Å². The smallest absolute Gasteiger partial charge is 0.191 e. The van der Waals surface area contributed by atoms with Gasteiger partial charge in [-0.05, 0) is 30.5 Å². The molecule has 0 atom stereocenters. The van der Waals surface area contributed by atoms with Crippen molar-refractivity contribution in [3.8, 4) is 0 Å². The van der Waals surface area contributed by atoms with Crippen LogP contribution >= 0.6 is 39.9 Å². The molecule has 1 heterocycles. The summed E-state index contributed by atoms with van der Waals surface area (Å²) in [5.74, 6) is 0.895. The second-order valence-electron chi connectivity index (χ2n) is 7.58. The predicted octanol–water partition coefficient (Wildman–Crippen LogP) is 4.08. The van der Waals surface area contributed by atoms with Gasteiger partial charge in [-0.3, -0.25) is 4.99 Å². The maximum absolute atomic E-state index is 5.32. The van der Waals surface area contributed by atoms with Crippen molar-refractivity contribution >= 4 is 45.9 Å². The summed E-state index contributed by atoms with van der Waals surface area (Å²) in [5.41, 5.74) is 1.90. The number of ether oxygens (including phenoxy) is 1. The van der Waals surface area contributed by atoms with E-state index in [2.05, 4.69) is 62.7 Å². The van der Waals surface area contributed by atoms with E-state index in [4.69, 9.17) is 4.74 Å². The second kappa shape index (κ2) is 9.04. The summed E-state index contributed by atoms with van der Waals surface area (Å²) in [6.07, 6.45) is 5.09. The second-order valence-corrected chi connectivity index (χ2v) is 8.49. The molecule has 0 unspecified atom stereocenters. The average molecular weight is 522 g/mol. The lowest BCUT2D eigenvalue weighted by atomic mass is 9.79. The Hall–Kier alpha value is -0.340. The van der Waals surface area contributed by atoms with Crippen molar-refractivity contribution in [1.29, 1.82) is 0 Å². The molecular weight excluding hydrogens is 493 g/mol. The van der Waals surface area contributed by atoms with Gasteiger partial charge in [-0.2, -0.15) is 0 Å². The van der Waals surface area contributed by atoms with Gasteiger partial charge in [0.15, 0.2) is 5.96 Å². The number of aliphatic imine (C=N–C) groups is 1. The van der Waals surface area contributed by atoms with Gasteiger partial charge in [0.05, 0.1) is 13.2 Å². The van der Waals surface area contributed by atoms with E-state index < -0.39 is 0 Å². The Bertz CT molecular complexity index is 581. The Balaban J connectivity index is 0.00000225. The van der Waals surface area contributed by atoms with Crippen LogP contribution in [0.3, 0.4) is 0 Å². The fraction of sp³-hybridized carbons (Fsp3) is 0.632. The number of guanidine groups is 1. The highest BCUT2D eigenvalue weighted by Gasteiger charge is 2.36. The van der Waals surface area contributed by atoms with Crippen molar-refractivity contribution in [2.75, 3.05) is 33.4 Å². The molecule has 0 radical (unpaired) electrons. The molecule has 1 aliphatic heterocycles. The lowest BCUT2D eigenvalue weighted by Gasteiger charge is -2.38. The fourth-order valence-electron chi connectivity index (χ4n) is 3.75. The highest BCUT2D eigenvalue weighted by molar-refractivity contribution is 14.0. The van der Waals surface area contributed by atoms with E-state index in [0.717, 1.165) is 36.7 Å². The Kier molecular flexibility index (Phi) is 7.58. The lowest BCUT2D eigenvalue weighted by Crippen LogP contribution is -2.52. The monoisotopic (exact) mass is 521 g/mol. The molecule has 2 aliphatic rings. The minimum Gasteiger partial charge on any atom is -0.380 e. The van der Waals surface area contributed by atoms with Gasteiger partial charge in [0.1, 0.15) is 0 Å². The van der Waals surface area contributed by atoms with Gasteiger partial charge in [0.2, 0.25) is 0 Å². The molecule has 0 amide bonds. The third-order valence-corrected chi connectivity index (χ3v) is 5.95. The number of benzene rings is 1. The zero-order valence-electron chi connectivity index (χ0n) is 15.1. The molecule has 0 spiro atoms. The van der Waals surface area contributed by atoms with Crippen LogP contribution in [0.15, 0.2) is 33.7 Å². The highest BCUT2D eigenvalue weighted by atomic mass is 127. The SMILES string of the molecule is CN=C(NCC1(C)COC1)NCC1(c2ccc(Br)cc2)CCCC1.I. The van der Waals surface area contributed by atoms with Gasteiger partial charge >= 0.3 is 0 Å². The van der Waals surface area contributed by atoms with Gasteiger partial charge in [0, 0.05) is 35.4 Å². The third-order valence-electron chi connectivity index (χ3n) is 5.42. The van der Waals surface area contributed by atoms with Crippen LogP contribution in [-0.4, -0.2) is 39.3 Å². The van der Waals surface area contributed by atoms with Crippen molar-refractivity contribution < 1.29 is 4.74 Å². The number of nitrogens with zero attached hydrogens (tertiary/aromatic N) is 1. The van der Waals surface area contributed by atoms with Crippen LogP contribution < -0.4 is 10.6 Å². The van der Waals surface area contributed by atoms with Crippen LogP contribution in [0.2, 0.25) is 0 Å². The molecule has 1 aliphatic carbocycles. The quantitative estimate of drug-likeness (QED) is 0.348. The van der Waals surface area contributed by atoms with Crippen LogP contribution in [0, 0.1) is 5.41 Å². The Morgan fingerprint density at radius 1 is 1.12 bits per heavy atom. The number of hydrogen-bond acceptors (Lipinski definition) is 2. The van der Waals surface area contributed by atoms with Crippen molar-refractivity contribution in [3.63, 3.8) is 0 Å².